The Balaban J connectivity index is 1.86. The Hall–Kier alpha value is -3.24. The van der Waals surface area contributed by atoms with E-state index in [0.717, 1.165) is 5.56 Å². The first-order valence-corrected chi connectivity index (χ1v) is 11.7. The van der Waals surface area contributed by atoms with E-state index in [-0.39, 0.29) is 25.2 Å². The maximum atomic E-state index is 13.4. The van der Waals surface area contributed by atoms with Crippen LogP contribution >= 0.6 is 0 Å². The first kappa shape index (κ1) is 28.3. The second-order valence-electron chi connectivity index (χ2n) is 9.58. The average molecular weight is 522 g/mol. The van der Waals surface area contributed by atoms with Crippen molar-refractivity contribution in [3.8, 4) is 5.75 Å². The molecule has 3 rings (SSSR count). The smallest absolute Gasteiger partial charge is 0.424 e. The zero-order chi connectivity index (χ0) is 27.4. The van der Waals surface area contributed by atoms with E-state index in [2.05, 4.69) is 5.32 Å². The Morgan fingerprint density at radius 3 is 2.14 bits per heavy atom. The minimum Gasteiger partial charge on any atom is -0.497 e. The summed E-state index contributed by atoms with van der Waals surface area (Å²) in [5.74, 6) is -3.44. The molecule has 1 aliphatic heterocycles. The summed E-state index contributed by atoms with van der Waals surface area (Å²) in [5, 5.41) is 12.5. The average Bonchev–Trinajstić information content (AvgIpc) is 3.61. The van der Waals surface area contributed by atoms with E-state index >= 15 is 0 Å². The van der Waals surface area contributed by atoms with Gasteiger partial charge in [-0.2, -0.15) is 13.2 Å². The molecule has 0 unspecified atom stereocenters. The van der Waals surface area contributed by atoms with Gasteiger partial charge >= 0.3 is 6.18 Å². The van der Waals surface area contributed by atoms with Crippen LogP contribution in [0.4, 0.5) is 13.2 Å². The second kappa shape index (κ2) is 11.0. The lowest BCUT2D eigenvalue weighted by molar-refractivity contribution is -0.244. The van der Waals surface area contributed by atoms with Gasteiger partial charge in [0.25, 0.3) is 0 Å². The van der Waals surface area contributed by atoms with Gasteiger partial charge in [0.05, 0.1) is 19.8 Å². The molecule has 2 aromatic rings. The molecule has 10 heteroatoms. The summed E-state index contributed by atoms with van der Waals surface area (Å²) in [7, 11) is 1.47. The number of aliphatic hydroxyl groups is 1. The fourth-order valence-electron chi connectivity index (χ4n) is 3.85. The third kappa shape index (κ3) is 6.95. The predicted molar refractivity (Wildman–Crippen MR) is 128 cm³/mol. The Bertz CT molecular complexity index is 1110. The standard InChI is InChI=1S/C27H30F3NO6/c1-25(16-37-25)23(33)21(14-17-7-5-4-6-8-17)31-24(34)19(13-18-9-11-20(36-3)12-10-18)15-22(32)26(2,35)27(28,29)30/h4-12,19,21,35H,13-16H2,1-3H3,(H,31,34)/t19-,21+,25-,26-/m1/s1. The molecule has 0 aromatic heterocycles. The van der Waals surface area contributed by atoms with Crippen molar-refractivity contribution in [2.75, 3.05) is 13.7 Å². The zero-order valence-electron chi connectivity index (χ0n) is 20.8. The normalized spacial score (nSPS) is 20.3. The highest BCUT2D eigenvalue weighted by atomic mass is 19.4. The number of carbonyl (C=O) groups is 3. The van der Waals surface area contributed by atoms with Crippen LogP contribution in [0.15, 0.2) is 54.6 Å². The number of rotatable bonds is 12. The third-order valence-electron chi connectivity index (χ3n) is 6.55. The molecule has 1 aliphatic rings. The maximum absolute atomic E-state index is 13.4. The molecule has 0 spiro atoms. The number of ether oxygens (including phenoxy) is 2. The molecule has 0 radical (unpaired) electrons. The predicted octanol–water partition coefficient (Wildman–Crippen LogP) is 3.21. The molecule has 1 heterocycles. The molecule has 4 atom stereocenters. The number of Topliss-reactive ketones (excluding diaryl/α,β-unsaturated/α-hetero) is 2. The lowest BCUT2D eigenvalue weighted by Gasteiger charge is -2.28. The van der Waals surface area contributed by atoms with Gasteiger partial charge in [0.2, 0.25) is 11.5 Å². The topological polar surface area (TPSA) is 105 Å². The molecule has 0 saturated carbocycles. The van der Waals surface area contributed by atoms with Gasteiger partial charge < -0.3 is 19.9 Å². The third-order valence-corrected chi connectivity index (χ3v) is 6.55. The highest BCUT2D eigenvalue weighted by Gasteiger charge is 2.55. The van der Waals surface area contributed by atoms with Gasteiger partial charge in [-0.3, -0.25) is 14.4 Å². The molecule has 200 valence electrons. The number of alkyl halides is 3. The number of halogens is 3. The molecule has 37 heavy (non-hydrogen) atoms. The summed E-state index contributed by atoms with van der Waals surface area (Å²) in [4.78, 5) is 39.1. The number of epoxide rings is 1. The van der Waals surface area contributed by atoms with E-state index in [1.165, 1.54) is 7.11 Å². The lowest BCUT2D eigenvalue weighted by Crippen LogP contribution is -2.52. The van der Waals surface area contributed by atoms with Crippen LogP contribution in [0.3, 0.4) is 0 Å². The molecule has 1 saturated heterocycles. The Kier molecular flexibility index (Phi) is 8.44. The fraction of sp³-hybridized carbons (Fsp3) is 0.444. The summed E-state index contributed by atoms with van der Waals surface area (Å²) in [6.07, 6.45) is -6.07. The van der Waals surface area contributed by atoms with Gasteiger partial charge in [0.15, 0.2) is 11.6 Å². The largest absolute Gasteiger partial charge is 0.497 e. The van der Waals surface area contributed by atoms with Crippen molar-refractivity contribution in [2.45, 2.75) is 56.5 Å². The van der Waals surface area contributed by atoms with Crippen LogP contribution in [-0.4, -0.2) is 59.7 Å². The van der Waals surface area contributed by atoms with Gasteiger partial charge in [0.1, 0.15) is 11.4 Å². The second-order valence-corrected chi connectivity index (χ2v) is 9.58. The first-order chi connectivity index (χ1) is 17.3. The Labute approximate surface area is 213 Å². The number of hydrogen-bond donors (Lipinski definition) is 2. The molecule has 7 nitrogen and oxygen atoms in total. The van der Waals surface area contributed by atoms with E-state index in [4.69, 9.17) is 9.47 Å². The highest BCUT2D eigenvalue weighted by molar-refractivity contribution is 5.98. The lowest BCUT2D eigenvalue weighted by atomic mass is 9.86. The molecule has 1 fully saturated rings. The van der Waals surface area contributed by atoms with Crippen LogP contribution in [0.2, 0.25) is 0 Å². The van der Waals surface area contributed by atoms with Crippen LogP contribution in [-0.2, 0) is 32.0 Å². The molecular formula is C27H30F3NO6. The summed E-state index contributed by atoms with van der Waals surface area (Å²) in [6.45, 7) is 2.15. The van der Waals surface area contributed by atoms with Crippen LogP contribution in [0.5, 0.6) is 5.75 Å². The van der Waals surface area contributed by atoms with Gasteiger partial charge in [-0.25, -0.2) is 0 Å². The minimum absolute atomic E-state index is 0.102. The number of hydrogen-bond acceptors (Lipinski definition) is 6. The molecule has 0 bridgehead atoms. The van der Waals surface area contributed by atoms with Crippen molar-refractivity contribution in [1.82, 2.24) is 5.32 Å². The van der Waals surface area contributed by atoms with Crippen molar-refractivity contribution in [3.05, 3.63) is 65.7 Å². The highest BCUT2D eigenvalue weighted by Crippen LogP contribution is 2.33. The van der Waals surface area contributed by atoms with Crippen molar-refractivity contribution < 1.29 is 42.1 Å². The molecule has 2 aromatic carbocycles. The Morgan fingerprint density at radius 1 is 1.05 bits per heavy atom. The Morgan fingerprint density at radius 2 is 1.62 bits per heavy atom. The SMILES string of the molecule is COc1ccc(C[C@H](CC(=O)[C@@](C)(O)C(F)(F)F)C(=O)N[C@@H](Cc2ccccc2)C(=O)[C@@]2(C)CO2)cc1. The number of amides is 1. The van der Waals surface area contributed by atoms with Crippen LogP contribution in [0.1, 0.15) is 31.4 Å². The maximum Gasteiger partial charge on any atom is 0.424 e. The van der Waals surface area contributed by atoms with Gasteiger partial charge in [-0.1, -0.05) is 42.5 Å². The summed E-state index contributed by atoms with van der Waals surface area (Å²) in [6, 6.07) is 14.4. The molecule has 2 N–H and O–H groups in total. The monoisotopic (exact) mass is 521 g/mol. The first-order valence-electron chi connectivity index (χ1n) is 11.7. The van der Waals surface area contributed by atoms with Crippen LogP contribution in [0.25, 0.3) is 0 Å². The quantitative estimate of drug-likeness (QED) is 0.416. The zero-order valence-corrected chi connectivity index (χ0v) is 20.8. The van der Waals surface area contributed by atoms with Crippen molar-refractivity contribution in [1.29, 1.82) is 0 Å². The van der Waals surface area contributed by atoms with E-state index in [9.17, 15) is 32.7 Å². The number of nitrogens with one attached hydrogen (secondary N) is 1. The van der Waals surface area contributed by atoms with Crippen molar-refractivity contribution in [2.24, 2.45) is 5.92 Å². The molecule has 0 aliphatic carbocycles. The summed E-state index contributed by atoms with van der Waals surface area (Å²) in [5.41, 5.74) is -3.37. The van der Waals surface area contributed by atoms with Gasteiger partial charge in [-0.05, 0) is 49.9 Å². The van der Waals surface area contributed by atoms with E-state index < -0.39 is 47.4 Å². The molecular weight excluding hydrogens is 491 g/mol. The van der Waals surface area contributed by atoms with E-state index in [0.29, 0.717) is 18.2 Å². The van der Waals surface area contributed by atoms with Crippen LogP contribution in [0, 0.1) is 5.92 Å². The van der Waals surface area contributed by atoms with Gasteiger partial charge in [-0.15, -0.1) is 0 Å². The van der Waals surface area contributed by atoms with Crippen molar-refractivity contribution >= 4 is 17.5 Å². The van der Waals surface area contributed by atoms with Crippen molar-refractivity contribution in [3.63, 3.8) is 0 Å². The summed E-state index contributed by atoms with van der Waals surface area (Å²) < 4.78 is 50.3. The number of carbonyl (C=O) groups excluding carboxylic acids is 3. The van der Waals surface area contributed by atoms with Gasteiger partial charge in [0, 0.05) is 12.3 Å². The fourth-order valence-corrected chi connectivity index (χ4v) is 3.85. The van der Waals surface area contributed by atoms with E-state index in [1.807, 2.05) is 0 Å². The molecule has 1 amide bonds. The van der Waals surface area contributed by atoms with E-state index in [1.54, 1.807) is 61.5 Å². The summed E-state index contributed by atoms with van der Waals surface area (Å²) >= 11 is 0. The number of ketones is 2. The number of benzene rings is 2. The minimum atomic E-state index is -5.21. The van der Waals surface area contributed by atoms with Crippen LogP contribution < -0.4 is 10.1 Å². The number of methoxy groups -OCH3 is 1.